The summed E-state index contributed by atoms with van der Waals surface area (Å²) in [6.45, 7) is -0.368. The van der Waals surface area contributed by atoms with Gasteiger partial charge in [-0.15, -0.1) is 0 Å². The molecule has 4 N–H and O–H groups in total. The van der Waals surface area contributed by atoms with Gasteiger partial charge in [-0.2, -0.15) is 0 Å². The summed E-state index contributed by atoms with van der Waals surface area (Å²) in [5, 5.41) is 22.4. The second-order valence-corrected chi connectivity index (χ2v) is 8.91. The van der Waals surface area contributed by atoms with Crippen LogP contribution in [0, 0.1) is 0 Å². The number of carbonyl (C=O) groups excluding carboxylic acids is 1. The van der Waals surface area contributed by atoms with Gasteiger partial charge in [0.1, 0.15) is 0 Å². The summed E-state index contributed by atoms with van der Waals surface area (Å²) in [5.41, 5.74) is 2.38. The minimum absolute atomic E-state index is 0.198. The molecule has 2 aliphatic heterocycles. The fourth-order valence-electron chi connectivity index (χ4n) is 3.94. The molecule has 34 heavy (non-hydrogen) atoms. The standard InChI is InChI=1S/C24H28N4O5S/c1-32-22-9-8-19-23(28-22)15(10-12-25-19)4-5-17-6-7-18(20(33-17)13-16(30)14-29)27-24(31)21-3-2-11-26-34-21/h2-5,8-12,16-18,20,26,29-30H,6-7,13-14H2,1H3,(H,27,31)/b5-4+/t16-,17-,18-,20-/m1/s1. The van der Waals surface area contributed by atoms with Gasteiger partial charge in [0.05, 0.1) is 54.0 Å². The molecule has 0 aromatic carbocycles. The first-order valence-corrected chi connectivity index (χ1v) is 11.9. The number of hydrogen-bond donors (Lipinski definition) is 4. The Hall–Kier alpha value is -2.92. The van der Waals surface area contributed by atoms with Crippen molar-refractivity contribution in [3.8, 4) is 5.88 Å². The van der Waals surface area contributed by atoms with Gasteiger partial charge in [-0.1, -0.05) is 12.2 Å². The second-order valence-electron chi connectivity index (χ2n) is 8.03. The predicted molar refractivity (Wildman–Crippen MR) is 131 cm³/mol. The van der Waals surface area contributed by atoms with E-state index in [0.29, 0.717) is 23.6 Å². The molecule has 0 radical (unpaired) electrons. The zero-order valence-electron chi connectivity index (χ0n) is 18.8. The van der Waals surface area contributed by atoms with E-state index in [4.69, 9.17) is 9.47 Å². The van der Waals surface area contributed by atoms with Crippen LogP contribution < -0.4 is 14.8 Å². The SMILES string of the molecule is COc1ccc2nccc(/C=C/[C@@H]3CC[C@@H](NC(=O)C4=CC=CNS4)[C@@H](C[C@@H](O)CO)O3)c2n1. The number of nitrogens with zero attached hydrogens (tertiary/aromatic N) is 2. The van der Waals surface area contributed by atoms with Gasteiger partial charge in [0.2, 0.25) is 5.88 Å². The zero-order chi connectivity index (χ0) is 23.9. The van der Waals surface area contributed by atoms with Crippen LogP contribution >= 0.6 is 11.9 Å². The summed E-state index contributed by atoms with van der Waals surface area (Å²) in [6.07, 6.45) is 10.9. The van der Waals surface area contributed by atoms with Gasteiger partial charge in [0.25, 0.3) is 5.91 Å². The lowest BCUT2D eigenvalue weighted by Gasteiger charge is -2.37. The summed E-state index contributed by atoms with van der Waals surface area (Å²) < 4.78 is 14.4. The molecule has 9 nitrogen and oxygen atoms in total. The molecular formula is C24H28N4O5S. The van der Waals surface area contributed by atoms with E-state index in [1.807, 2.05) is 24.3 Å². The minimum Gasteiger partial charge on any atom is -0.481 e. The number of aromatic nitrogens is 2. The molecule has 0 saturated carbocycles. The molecule has 10 heteroatoms. The van der Waals surface area contributed by atoms with E-state index in [9.17, 15) is 15.0 Å². The van der Waals surface area contributed by atoms with Crippen LogP contribution in [-0.2, 0) is 9.53 Å². The number of allylic oxidation sites excluding steroid dienone is 2. The Morgan fingerprint density at radius 2 is 2.29 bits per heavy atom. The fraction of sp³-hybridized carbons (Fsp3) is 0.375. The molecule has 180 valence electrons. The van der Waals surface area contributed by atoms with Gasteiger partial charge in [0, 0.05) is 30.4 Å². The number of fused-ring (bicyclic) bond motifs is 1. The van der Waals surface area contributed by atoms with Crippen molar-refractivity contribution in [1.29, 1.82) is 0 Å². The summed E-state index contributed by atoms with van der Waals surface area (Å²) in [7, 11) is 1.57. The Morgan fingerprint density at radius 1 is 1.41 bits per heavy atom. The highest BCUT2D eigenvalue weighted by Gasteiger charge is 2.33. The van der Waals surface area contributed by atoms with Crippen LogP contribution in [0.5, 0.6) is 5.88 Å². The molecule has 4 atom stereocenters. The number of aliphatic hydroxyl groups is 2. The monoisotopic (exact) mass is 484 g/mol. The molecule has 4 heterocycles. The first kappa shape index (κ1) is 24.2. The van der Waals surface area contributed by atoms with E-state index in [2.05, 4.69) is 20.0 Å². The average molecular weight is 485 g/mol. The van der Waals surface area contributed by atoms with Gasteiger partial charge >= 0.3 is 0 Å². The van der Waals surface area contributed by atoms with Crippen molar-refractivity contribution in [2.24, 2.45) is 0 Å². The van der Waals surface area contributed by atoms with Crippen molar-refractivity contribution in [2.45, 2.75) is 43.6 Å². The van der Waals surface area contributed by atoms with Gasteiger partial charge in [-0.25, -0.2) is 4.98 Å². The molecule has 2 aliphatic rings. The number of rotatable bonds is 8. The molecule has 0 bridgehead atoms. The van der Waals surface area contributed by atoms with Crippen molar-refractivity contribution in [3.63, 3.8) is 0 Å². The largest absolute Gasteiger partial charge is 0.481 e. The molecule has 1 amide bonds. The zero-order valence-corrected chi connectivity index (χ0v) is 19.6. The van der Waals surface area contributed by atoms with Crippen LogP contribution in [0.2, 0.25) is 0 Å². The summed E-state index contributed by atoms with van der Waals surface area (Å²) in [5.74, 6) is 0.314. The van der Waals surface area contributed by atoms with E-state index in [-0.39, 0.29) is 31.1 Å². The number of methoxy groups -OCH3 is 1. The quantitative estimate of drug-likeness (QED) is 0.417. The van der Waals surface area contributed by atoms with Gasteiger partial charge in [0.15, 0.2) is 0 Å². The van der Waals surface area contributed by atoms with Crippen LogP contribution in [0.25, 0.3) is 17.1 Å². The summed E-state index contributed by atoms with van der Waals surface area (Å²) in [4.78, 5) is 22.1. The van der Waals surface area contributed by atoms with Crippen molar-refractivity contribution >= 4 is 35.0 Å². The first-order chi connectivity index (χ1) is 16.6. The van der Waals surface area contributed by atoms with Crippen molar-refractivity contribution in [2.75, 3.05) is 13.7 Å². The lowest BCUT2D eigenvalue weighted by molar-refractivity contribution is -0.122. The first-order valence-electron chi connectivity index (χ1n) is 11.1. The summed E-state index contributed by atoms with van der Waals surface area (Å²) in [6, 6.07) is 5.23. The van der Waals surface area contributed by atoms with Crippen LogP contribution in [0.4, 0.5) is 0 Å². The number of hydrogen-bond acceptors (Lipinski definition) is 9. The van der Waals surface area contributed by atoms with Crippen LogP contribution in [0.3, 0.4) is 0 Å². The van der Waals surface area contributed by atoms with E-state index < -0.39 is 12.2 Å². The van der Waals surface area contributed by atoms with E-state index >= 15 is 0 Å². The molecule has 0 spiro atoms. The fourth-order valence-corrected chi connectivity index (χ4v) is 4.51. The van der Waals surface area contributed by atoms with E-state index in [1.54, 1.807) is 37.7 Å². The topological polar surface area (TPSA) is 126 Å². The second kappa shape index (κ2) is 11.5. The van der Waals surface area contributed by atoms with Crippen LogP contribution in [0.1, 0.15) is 24.8 Å². The summed E-state index contributed by atoms with van der Waals surface area (Å²) >= 11 is 1.24. The van der Waals surface area contributed by atoms with Crippen molar-refractivity contribution in [3.05, 3.63) is 59.3 Å². The Morgan fingerprint density at radius 3 is 3.06 bits per heavy atom. The minimum atomic E-state index is -0.930. The maximum absolute atomic E-state index is 12.7. The highest BCUT2D eigenvalue weighted by atomic mass is 32.2. The van der Waals surface area contributed by atoms with Gasteiger partial charge in [-0.3, -0.25) is 9.78 Å². The Labute approximate surface area is 202 Å². The Balaban J connectivity index is 1.47. The number of nitrogens with one attached hydrogen (secondary N) is 2. The third kappa shape index (κ3) is 5.95. The molecule has 2 aromatic heterocycles. The lowest BCUT2D eigenvalue weighted by Crippen LogP contribution is -2.50. The smallest absolute Gasteiger partial charge is 0.259 e. The number of pyridine rings is 2. The normalized spacial score (nSPS) is 23.4. The van der Waals surface area contributed by atoms with Gasteiger partial charge < -0.3 is 29.7 Å². The highest BCUT2D eigenvalue weighted by molar-refractivity contribution is 8.02. The molecule has 1 fully saturated rings. The number of amides is 1. The molecule has 1 saturated heterocycles. The predicted octanol–water partition coefficient (Wildman–Crippen LogP) is 2.08. The van der Waals surface area contributed by atoms with Crippen molar-refractivity contribution in [1.82, 2.24) is 20.0 Å². The van der Waals surface area contributed by atoms with Crippen LogP contribution in [-0.4, -0.2) is 64.2 Å². The van der Waals surface area contributed by atoms with Crippen LogP contribution in [0.15, 0.2) is 53.7 Å². The highest BCUT2D eigenvalue weighted by Crippen LogP contribution is 2.27. The molecular weight excluding hydrogens is 456 g/mol. The molecule has 2 aromatic rings. The third-order valence-electron chi connectivity index (χ3n) is 5.69. The third-order valence-corrected chi connectivity index (χ3v) is 6.48. The number of aliphatic hydroxyl groups excluding tert-OH is 2. The maximum Gasteiger partial charge on any atom is 0.259 e. The lowest BCUT2D eigenvalue weighted by atomic mass is 9.94. The Kier molecular flexibility index (Phi) is 8.17. The van der Waals surface area contributed by atoms with Gasteiger partial charge in [-0.05, 0) is 49.1 Å². The van der Waals surface area contributed by atoms with E-state index in [1.165, 1.54) is 11.9 Å². The molecule has 0 unspecified atom stereocenters. The number of ether oxygens (including phenoxy) is 2. The maximum atomic E-state index is 12.7. The Bertz CT molecular complexity index is 1110. The molecule has 4 rings (SSSR count). The number of carbonyl (C=O) groups is 1. The molecule has 0 aliphatic carbocycles. The van der Waals surface area contributed by atoms with E-state index in [0.717, 1.165) is 16.6 Å². The average Bonchev–Trinajstić information content (AvgIpc) is 2.88. The van der Waals surface area contributed by atoms with Crippen molar-refractivity contribution < 1.29 is 24.5 Å².